The summed E-state index contributed by atoms with van der Waals surface area (Å²) in [7, 11) is 0. The highest BCUT2D eigenvalue weighted by Crippen LogP contribution is 2.25. The van der Waals surface area contributed by atoms with Crippen molar-refractivity contribution in [2.24, 2.45) is 11.7 Å². The number of hydrogen-bond donors (Lipinski definition) is 3. The Bertz CT molecular complexity index is 398. The summed E-state index contributed by atoms with van der Waals surface area (Å²) in [5.41, 5.74) is 6.47. The van der Waals surface area contributed by atoms with Gasteiger partial charge in [0.2, 0.25) is 5.91 Å². The van der Waals surface area contributed by atoms with E-state index in [4.69, 9.17) is 5.73 Å². The molecule has 94 valence electrons. The van der Waals surface area contributed by atoms with Crippen molar-refractivity contribution in [3.8, 4) is 5.75 Å². The molecule has 1 saturated carbocycles. The maximum atomic E-state index is 11.9. The van der Waals surface area contributed by atoms with E-state index < -0.39 is 0 Å². The first-order valence-corrected chi connectivity index (χ1v) is 5.52. The number of anilines is 1. The van der Waals surface area contributed by atoms with Crippen molar-refractivity contribution in [1.29, 1.82) is 0 Å². The second-order valence-corrected chi connectivity index (χ2v) is 4.24. The van der Waals surface area contributed by atoms with Gasteiger partial charge < -0.3 is 16.2 Å². The summed E-state index contributed by atoms with van der Waals surface area (Å²) in [5.74, 6) is 0.00599. The number of benzene rings is 1. The Morgan fingerprint density at radius 2 is 2.18 bits per heavy atom. The lowest BCUT2D eigenvalue weighted by Gasteiger charge is -2.15. The maximum absolute atomic E-state index is 11.9. The molecule has 1 aromatic rings. The number of nitrogens with one attached hydrogen (secondary N) is 1. The highest BCUT2D eigenvalue weighted by atomic mass is 35.5. The third kappa shape index (κ3) is 3.35. The number of phenols is 1. The molecule has 0 spiro atoms. The zero-order chi connectivity index (χ0) is 11.5. The lowest BCUT2D eigenvalue weighted by molar-refractivity contribution is -0.120. The van der Waals surface area contributed by atoms with Crippen LogP contribution in [0.1, 0.15) is 19.3 Å². The molecular formula is C12H17ClN2O2. The first-order chi connectivity index (χ1) is 7.66. The number of halogens is 1. The van der Waals surface area contributed by atoms with Crippen LogP contribution < -0.4 is 11.1 Å². The summed E-state index contributed by atoms with van der Waals surface area (Å²) in [6.07, 6.45) is 2.78. The molecule has 5 heteroatoms. The van der Waals surface area contributed by atoms with Crippen LogP contribution in [0.5, 0.6) is 5.75 Å². The Hall–Kier alpha value is -1.26. The van der Waals surface area contributed by atoms with Crippen molar-refractivity contribution in [2.45, 2.75) is 25.3 Å². The maximum Gasteiger partial charge on any atom is 0.229 e. The van der Waals surface area contributed by atoms with Crippen LogP contribution in [0.2, 0.25) is 0 Å². The topological polar surface area (TPSA) is 75.4 Å². The van der Waals surface area contributed by atoms with Crippen molar-refractivity contribution in [1.82, 2.24) is 0 Å². The van der Waals surface area contributed by atoms with E-state index in [-0.39, 0.29) is 36.0 Å². The van der Waals surface area contributed by atoms with Crippen LogP contribution in [0.15, 0.2) is 24.3 Å². The van der Waals surface area contributed by atoms with Gasteiger partial charge in [-0.25, -0.2) is 0 Å². The van der Waals surface area contributed by atoms with Gasteiger partial charge >= 0.3 is 0 Å². The molecule has 0 bridgehead atoms. The molecule has 0 aliphatic heterocycles. The fraction of sp³-hybridized carbons (Fsp3) is 0.417. The van der Waals surface area contributed by atoms with Crippen molar-refractivity contribution in [3.05, 3.63) is 24.3 Å². The molecular weight excluding hydrogens is 240 g/mol. The standard InChI is InChI=1S/C12H16N2O2.ClH/c13-11-6-2-5-10(11)12(16)14-8-3-1-4-9(15)7-8;/h1,3-4,7,10-11,15H,2,5-6,13H2,(H,14,16);1H. The zero-order valence-corrected chi connectivity index (χ0v) is 10.2. The van der Waals surface area contributed by atoms with E-state index in [0.29, 0.717) is 5.69 Å². The van der Waals surface area contributed by atoms with Gasteiger partial charge in [0.1, 0.15) is 5.75 Å². The molecule has 1 aromatic carbocycles. The van der Waals surface area contributed by atoms with E-state index in [2.05, 4.69) is 5.32 Å². The molecule has 2 unspecified atom stereocenters. The highest BCUT2D eigenvalue weighted by Gasteiger charge is 2.30. The Balaban J connectivity index is 0.00000144. The quantitative estimate of drug-likeness (QED) is 0.756. The Morgan fingerprint density at radius 1 is 1.41 bits per heavy atom. The normalized spacial score (nSPS) is 22.9. The number of phenolic OH excluding ortho intramolecular Hbond substituents is 1. The molecule has 2 atom stereocenters. The number of carbonyl (C=O) groups is 1. The molecule has 0 heterocycles. The second-order valence-electron chi connectivity index (χ2n) is 4.24. The van der Waals surface area contributed by atoms with Gasteiger partial charge in [-0.05, 0) is 25.0 Å². The average Bonchev–Trinajstić information content (AvgIpc) is 2.64. The summed E-state index contributed by atoms with van der Waals surface area (Å²) in [4.78, 5) is 11.9. The van der Waals surface area contributed by atoms with E-state index in [0.717, 1.165) is 19.3 Å². The number of amides is 1. The number of carbonyl (C=O) groups excluding carboxylic acids is 1. The molecule has 1 amide bonds. The van der Waals surface area contributed by atoms with Gasteiger partial charge in [0.25, 0.3) is 0 Å². The van der Waals surface area contributed by atoms with Crippen LogP contribution in [-0.2, 0) is 4.79 Å². The molecule has 4 nitrogen and oxygen atoms in total. The third-order valence-corrected chi connectivity index (χ3v) is 3.02. The smallest absolute Gasteiger partial charge is 0.229 e. The van der Waals surface area contributed by atoms with Gasteiger partial charge in [0.05, 0.1) is 5.92 Å². The molecule has 1 aliphatic carbocycles. The Labute approximate surface area is 107 Å². The molecule has 0 radical (unpaired) electrons. The van der Waals surface area contributed by atoms with Gasteiger partial charge in [0.15, 0.2) is 0 Å². The molecule has 1 fully saturated rings. The lowest BCUT2D eigenvalue weighted by Crippen LogP contribution is -2.34. The van der Waals surface area contributed by atoms with Crippen LogP contribution in [0, 0.1) is 5.92 Å². The van der Waals surface area contributed by atoms with Gasteiger partial charge in [-0.15, -0.1) is 12.4 Å². The van der Waals surface area contributed by atoms with Crippen LogP contribution in [0.4, 0.5) is 5.69 Å². The number of rotatable bonds is 2. The average molecular weight is 257 g/mol. The zero-order valence-electron chi connectivity index (χ0n) is 9.43. The van der Waals surface area contributed by atoms with Crippen molar-refractivity contribution >= 4 is 24.0 Å². The van der Waals surface area contributed by atoms with E-state index >= 15 is 0 Å². The number of aromatic hydroxyl groups is 1. The van der Waals surface area contributed by atoms with E-state index in [9.17, 15) is 9.90 Å². The van der Waals surface area contributed by atoms with Crippen LogP contribution >= 0.6 is 12.4 Å². The second kappa shape index (κ2) is 5.89. The number of hydrogen-bond acceptors (Lipinski definition) is 3. The monoisotopic (exact) mass is 256 g/mol. The van der Waals surface area contributed by atoms with E-state index in [1.54, 1.807) is 18.2 Å². The fourth-order valence-electron chi connectivity index (χ4n) is 2.13. The van der Waals surface area contributed by atoms with Gasteiger partial charge in [-0.1, -0.05) is 12.5 Å². The fourth-order valence-corrected chi connectivity index (χ4v) is 2.13. The first kappa shape index (κ1) is 13.8. The largest absolute Gasteiger partial charge is 0.508 e. The summed E-state index contributed by atoms with van der Waals surface area (Å²) in [5, 5.41) is 12.0. The molecule has 4 N–H and O–H groups in total. The van der Waals surface area contributed by atoms with Crippen molar-refractivity contribution < 1.29 is 9.90 Å². The predicted molar refractivity (Wildman–Crippen MR) is 69.3 cm³/mol. The van der Waals surface area contributed by atoms with Crippen LogP contribution in [0.25, 0.3) is 0 Å². The third-order valence-electron chi connectivity index (χ3n) is 3.02. The number of nitrogens with two attached hydrogens (primary N) is 1. The highest BCUT2D eigenvalue weighted by molar-refractivity contribution is 5.93. The minimum Gasteiger partial charge on any atom is -0.508 e. The molecule has 1 aliphatic rings. The summed E-state index contributed by atoms with van der Waals surface area (Å²) in [6, 6.07) is 6.50. The van der Waals surface area contributed by atoms with Crippen LogP contribution in [-0.4, -0.2) is 17.1 Å². The van der Waals surface area contributed by atoms with Gasteiger partial charge in [-0.3, -0.25) is 4.79 Å². The van der Waals surface area contributed by atoms with E-state index in [1.165, 1.54) is 6.07 Å². The molecule has 2 rings (SSSR count). The van der Waals surface area contributed by atoms with Crippen molar-refractivity contribution in [3.63, 3.8) is 0 Å². The van der Waals surface area contributed by atoms with Crippen LogP contribution in [0.3, 0.4) is 0 Å². The van der Waals surface area contributed by atoms with Gasteiger partial charge in [0, 0.05) is 17.8 Å². The molecule has 17 heavy (non-hydrogen) atoms. The SMILES string of the molecule is Cl.NC1CCCC1C(=O)Nc1cccc(O)c1. The van der Waals surface area contributed by atoms with Gasteiger partial charge in [-0.2, -0.15) is 0 Å². The minimum absolute atomic E-state index is 0. The Kier molecular flexibility index (Phi) is 4.78. The van der Waals surface area contributed by atoms with E-state index in [1.807, 2.05) is 0 Å². The molecule has 0 saturated heterocycles. The first-order valence-electron chi connectivity index (χ1n) is 5.52. The molecule has 0 aromatic heterocycles. The lowest BCUT2D eigenvalue weighted by atomic mass is 10.0. The summed E-state index contributed by atoms with van der Waals surface area (Å²) in [6.45, 7) is 0. The summed E-state index contributed by atoms with van der Waals surface area (Å²) < 4.78 is 0. The summed E-state index contributed by atoms with van der Waals surface area (Å²) >= 11 is 0. The predicted octanol–water partition coefficient (Wildman–Crippen LogP) is 1.88. The Morgan fingerprint density at radius 3 is 2.76 bits per heavy atom. The van der Waals surface area contributed by atoms with Crippen molar-refractivity contribution in [2.75, 3.05) is 5.32 Å². The minimum atomic E-state index is -0.0950.